The molecular weight excluding hydrogens is 330 g/mol. The van der Waals surface area contributed by atoms with Crippen LogP contribution in [0.3, 0.4) is 0 Å². The van der Waals surface area contributed by atoms with E-state index in [1.54, 1.807) is 18.1 Å². The van der Waals surface area contributed by atoms with Gasteiger partial charge >= 0.3 is 0 Å². The molecule has 0 saturated heterocycles. The number of aliphatic hydroxyl groups is 1. The Hall–Kier alpha value is -2.30. The topological polar surface area (TPSA) is 66.8 Å². The van der Waals surface area contributed by atoms with Gasteiger partial charge in [-0.05, 0) is 25.3 Å². The number of carbonyl (C=O) groups is 2. The van der Waals surface area contributed by atoms with Crippen molar-refractivity contribution in [2.45, 2.75) is 52.5 Å². The van der Waals surface area contributed by atoms with Crippen LogP contribution < -0.4 is 4.74 Å². The number of benzene rings is 1. The summed E-state index contributed by atoms with van der Waals surface area (Å²) in [4.78, 5) is 26.6. The zero-order valence-corrected chi connectivity index (χ0v) is 16.1. The van der Waals surface area contributed by atoms with Gasteiger partial charge in [0.25, 0.3) is 5.91 Å². The van der Waals surface area contributed by atoms with Crippen LogP contribution in [0, 0.1) is 5.92 Å². The van der Waals surface area contributed by atoms with Crippen LogP contribution in [0.2, 0.25) is 0 Å². The van der Waals surface area contributed by atoms with Crippen LogP contribution in [-0.4, -0.2) is 35.4 Å². The van der Waals surface area contributed by atoms with Gasteiger partial charge in [-0.15, -0.1) is 0 Å². The molecule has 26 heavy (non-hydrogen) atoms. The number of Topliss-reactive ketones (excluding diaryl/α,β-unsaturated/α-hetero) is 1. The fourth-order valence-corrected chi connectivity index (χ4v) is 3.61. The molecule has 2 rings (SSSR count). The number of ketones is 1. The van der Waals surface area contributed by atoms with Crippen molar-refractivity contribution in [3.8, 4) is 5.75 Å². The summed E-state index contributed by atoms with van der Waals surface area (Å²) in [7, 11) is 1.56. The molecule has 1 aromatic rings. The quantitative estimate of drug-likeness (QED) is 0.718. The lowest BCUT2D eigenvalue weighted by Gasteiger charge is -2.31. The number of hydrogen-bond donors (Lipinski definition) is 1. The molecule has 1 N–H and O–H groups in total. The predicted octanol–water partition coefficient (Wildman–Crippen LogP) is 4.20. The third-order valence-corrected chi connectivity index (χ3v) is 5.11. The number of unbranched alkanes of at least 4 members (excludes halogenated alkanes) is 1. The minimum absolute atomic E-state index is 0.157. The smallest absolute Gasteiger partial charge is 0.290 e. The van der Waals surface area contributed by atoms with Crippen molar-refractivity contribution in [3.63, 3.8) is 0 Å². The number of aliphatic hydroxyl groups excluding tert-OH is 1. The summed E-state index contributed by atoms with van der Waals surface area (Å²) in [5.41, 5.74) is 0.882. The molecule has 0 unspecified atom stereocenters. The van der Waals surface area contributed by atoms with E-state index < -0.39 is 17.7 Å². The summed E-state index contributed by atoms with van der Waals surface area (Å²) in [5, 5.41) is 10.4. The molecule has 1 amide bonds. The van der Waals surface area contributed by atoms with E-state index in [9.17, 15) is 14.7 Å². The molecular formula is C21H29NO4. The van der Waals surface area contributed by atoms with Crippen LogP contribution >= 0.6 is 0 Å². The van der Waals surface area contributed by atoms with Crippen LogP contribution in [-0.2, 0) is 9.59 Å². The van der Waals surface area contributed by atoms with Gasteiger partial charge in [-0.3, -0.25) is 9.59 Å². The summed E-state index contributed by atoms with van der Waals surface area (Å²) in [6.07, 6.45) is 4.16. The molecule has 5 heteroatoms. The number of rotatable bonds is 9. The van der Waals surface area contributed by atoms with Gasteiger partial charge in [-0.1, -0.05) is 51.3 Å². The Morgan fingerprint density at radius 3 is 2.58 bits per heavy atom. The van der Waals surface area contributed by atoms with Crippen LogP contribution in [0.5, 0.6) is 5.75 Å². The van der Waals surface area contributed by atoms with Crippen molar-refractivity contribution in [1.29, 1.82) is 0 Å². The first-order chi connectivity index (χ1) is 12.5. The fourth-order valence-electron chi connectivity index (χ4n) is 3.61. The lowest BCUT2D eigenvalue weighted by atomic mass is 9.93. The van der Waals surface area contributed by atoms with E-state index in [1.807, 2.05) is 18.2 Å². The van der Waals surface area contributed by atoms with Gasteiger partial charge in [0.05, 0.1) is 18.7 Å². The Bertz CT molecular complexity index is 695. The number of hydrogen-bond acceptors (Lipinski definition) is 4. The number of amides is 1. The molecule has 0 spiro atoms. The molecule has 142 valence electrons. The lowest BCUT2D eigenvalue weighted by molar-refractivity contribution is -0.130. The van der Waals surface area contributed by atoms with E-state index in [1.165, 1.54) is 6.92 Å². The highest BCUT2D eigenvalue weighted by Crippen LogP contribution is 2.42. The first-order valence-electron chi connectivity index (χ1n) is 9.34. The highest BCUT2D eigenvalue weighted by molar-refractivity contribution is 6.08. The summed E-state index contributed by atoms with van der Waals surface area (Å²) >= 11 is 0. The maximum Gasteiger partial charge on any atom is 0.290 e. The van der Waals surface area contributed by atoms with Gasteiger partial charge in [-0.25, -0.2) is 0 Å². The third kappa shape index (κ3) is 3.92. The van der Waals surface area contributed by atoms with Crippen LogP contribution in [0.1, 0.15) is 58.1 Å². The predicted molar refractivity (Wildman–Crippen MR) is 101 cm³/mol. The Balaban J connectivity index is 2.45. The first kappa shape index (κ1) is 20.0. The van der Waals surface area contributed by atoms with Crippen LogP contribution in [0.4, 0.5) is 0 Å². The minimum atomic E-state index is -0.605. The monoisotopic (exact) mass is 359 g/mol. The standard InChI is InChI=1S/C21H29NO4/c1-5-7-10-15(6-2)13-22-19(16-11-8-9-12-17(16)26-4)18(14(3)23)20(24)21(22)25/h8-9,11-12,15,19,24H,5-7,10,13H2,1-4H3/t15-,19+/m0/s1. The second-order valence-electron chi connectivity index (χ2n) is 6.84. The number of methoxy groups -OCH3 is 1. The zero-order valence-electron chi connectivity index (χ0n) is 16.1. The van der Waals surface area contributed by atoms with Gasteiger partial charge in [0, 0.05) is 12.1 Å². The SMILES string of the molecule is CCCC[C@H](CC)CN1C(=O)C(O)=C(C(C)=O)[C@H]1c1ccccc1OC. The summed E-state index contributed by atoms with van der Waals surface area (Å²) in [5.74, 6) is -0.267. The molecule has 1 heterocycles. The number of para-hydroxylation sites is 1. The van der Waals surface area contributed by atoms with Gasteiger partial charge in [-0.2, -0.15) is 0 Å². The van der Waals surface area contributed by atoms with Crippen molar-refractivity contribution in [2.24, 2.45) is 5.92 Å². The van der Waals surface area contributed by atoms with E-state index in [2.05, 4.69) is 13.8 Å². The molecule has 1 aromatic carbocycles. The molecule has 0 radical (unpaired) electrons. The molecule has 0 aliphatic carbocycles. The second-order valence-corrected chi connectivity index (χ2v) is 6.84. The van der Waals surface area contributed by atoms with Crippen molar-refractivity contribution in [1.82, 2.24) is 4.90 Å². The largest absolute Gasteiger partial charge is 0.503 e. The number of ether oxygens (including phenoxy) is 1. The summed E-state index contributed by atoms with van der Waals surface area (Å²) in [6, 6.07) is 6.74. The molecule has 0 fully saturated rings. The van der Waals surface area contributed by atoms with Crippen molar-refractivity contribution in [2.75, 3.05) is 13.7 Å². The minimum Gasteiger partial charge on any atom is -0.503 e. The van der Waals surface area contributed by atoms with Gasteiger partial charge < -0.3 is 14.7 Å². The van der Waals surface area contributed by atoms with E-state index in [0.717, 1.165) is 31.2 Å². The molecule has 0 saturated carbocycles. The molecule has 0 aromatic heterocycles. The Labute approximate surface area is 155 Å². The lowest BCUT2D eigenvalue weighted by Crippen LogP contribution is -2.35. The summed E-state index contributed by atoms with van der Waals surface area (Å²) in [6.45, 7) is 6.16. The van der Waals surface area contributed by atoms with Crippen LogP contribution in [0.15, 0.2) is 35.6 Å². The first-order valence-corrected chi connectivity index (χ1v) is 9.34. The maximum atomic E-state index is 12.8. The average Bonchev–Trinajstić information content (AvgIpc) is 2.89. The van der Waals surface area contributed by atoms with Gasteiger partial charge in [0.2, 0.25) is 0 Å². The fraction of sp³-hybridized carbons (Fsp3) is 0.524. The van der Waals surface area contributed by atoms with E-state index >= 15 is 0 Å². The zero-order chi connectivity index (χ0) is 19.3. The van der Waals surface area contributed by atoms with Gasteiger partial charge in [0.15, 0.2) is 11.5 Å². The third-order valence-electron chi connectivity index (χ3n) is 5.11. The molecule has 5 nitrogen and oxygen atoms in total. The second kappa shape index (κ2) is 8.88. The van der Waals surface area contributed by atoms with E-state index in [-0.39, 0.29) is 11.4 Å². The Morgan fingerprint density at radius 2 is 2.00 bits per heavy atom. The van der Waals surface area contributed by atoms with Gasteiger partial charge in [0.1, 0.15) is 5.75 Å². The average molecular weight is 359 g/mol. The highest BCUT2D eigenvalue weighted by atomic mass is 16.5. The number of nitrogens with zero attached hydrogens (tertiary/aromatic N) is 1. The van der Waals surface area contributed by atoms with Crippen molar-refractivity contribution in [3.05, 3.63) is 41.2 Å². The van der Waals surface area contributed by atoms with Crippen molar-refractivity contribution < 1.29 is 19.4 Å². The summed E-state index contributed by atoms with van der Waals surface area (Å²) < 4.78 is 5.45. The molecule has 1 aliphatic rings. The van der Waals surface area contributed by atoms with E-state index in [0.29, 0.717) is 18.2 Å². The highest BCUT2D eigenvalue weighted by Gasteiger charge is 2.43. The Kier molecular flexibility index (Phi) is 6.83. The van der Waals surface area contributed by atoms with Crippen molar-refractivity contribution >= 4 is 11.7 Å². The van der Waals surface area contributed by atoms with E-state index in [4.69, 9.17) is 4.74 Å². The van der Waals surface area contributed by atoms with Crippen LogP contribution in [0.25, 0.3) is 0 Å². The maximum absolute atomic E-state index is 12.8. The number of carbonyl (C=O) groups excluding carboxylic acids is 2. The normalized spacial score (nSPS) is 18.4. The molecule has 2 atom stereocenters. The Morgan fingerprint density at radius 1 is 1.31 bits per heavy atom. The molecule has 0 bridgehead atoms. The molecule has 1 aliphatic heterocycles.